The van der Waals surface area contributed by atoms with Crippen LogP contribution in [-0.2, 0) is 11.0 Å². The molecule has 2 aromatic rings. The molecule has 0 spiro atoms. The van der Waals surface area contributed by atoms with Gasteiger partial charge in [0.1, 0.15) is 0 Å². The number of carbonyl (C=O) groups is 1. The highest BCUT2D eigenvalue weighted by Crippen LogP contribution is 2.34. The first-order chi connectivity index (χ1) is 12.3. The van der Waals surface area contributed by atoms with E-state index in [1.807, 2.05) is 6.07 Å². The molecule has 0 radical (unpaired) electrons. The van der Waals surface area contributed by atoms with Gasteiger partial charge in [0.25, 0.3) is 0 Å². The Hall–Kier alpha value is -2.90. The summed E-state index contributed by atoms with van der Waals surface area (Å²) >= 11 is 0. The van der Waals surface area contributed by atoms with Crippen molar-refractivity contribution >= 4 is 11.6 Å². The summed E-state index contributed by atoms with van der Waals surface area (Å²) in [7, 11) is 0. The van der Waals surface area contributed by atoms with Crippen LogP contribution in [0.3, 0.4) is 0 Å². The van der Waals surface area contributed by atoms with E-state index in [9.17, 15) is 18.0 Å². The van der Waals surface area contributed by atoms with Crippen molar-refractivity contribution in [3.63, 3.8) is 0 Å². The average Bonchev–Trinajstić information content (AvgIpc) is 3.07. The number of rotatable bonds is 5. The Balaban J connectivity index is 1.56. The third-order valence-electron chi connectivity index (χ3n) is 3.92. The largest absolute Gasteiger partial charge is 0.454 e. The molecule has 1 aliphatic heterocycles. The van der Waals surface area contributed by atoms with Gasteiger partial charge in [-0.15, -0.1) is 0 Å². The Morgan fingerprint density at radius 1 is 1.15 bits per heavy atom. The molecule has 26 heavy (non-hydrogen) atoms. The highest BCUT2D eigenvalue weighted by atomic mass is 19.4. The van der Waals surface area contributed by atoms with Crippen LogP contribution in [-0.4, -0.2) is 19.2 Å². The standard InChI is InChI=1S/C18H17F3N2O3/c1-11(12-5-6-15-16(7-12)26-10-25-15)23-17(24)9-22-14-4-2-3-13(8-14)18(19,20)21/h2-8,11,22H,9-10H2,1H3,(H,23,24)/t11-/m1/s1. The molecule has 0 aliphatic carbocycles. The first-order valence-corrected chi connectivity index (χ1v) is 7.93. The first-order valence-electron chi connectivity index (χ1n) is 7.93. The minimum absolute atomic E-state index is 0.143. The molecule has 0 aromatic heterocycles. The summed E-state index contributed by atoms with van der Waals surface area (Å²) in [4.78, 5) is 12.1. The number of carbonyl (C=O) groups excluding carboxylic acids is 1. The highest BCUT2D eigenvalue weighted by Gasteiger charge is 2.30. The molecule has 0 saturated heterocycles. The maximum absolute atomic E-state index is 12.7. The van der Waals surface area contributed by atoms with Crippen LogP contribution < -0.4 is 20.1 Å². The van der Waals surface area contributed by atoms with Gasteiger partial charge < -0.3 is 20.1 Å². The second-order valence-corrected chi connectivity index (χ2v) is 5.83. The van der Waals surface area contributed by atoms with E-state index in [-0.39, 0.29) is 31.0 Å². The van der Waals surface area contributed by atoms with Crippen molar-refractivity contribution in [1.82, 2.24) is 5.32 Å². The lowest BCUT2D eigenvalue weighted by Gasteiger charge is -2.16. The number of benzene rings is 2. The summed E-state index contributed by atoms with van der Waals surface area (Å²) in [6.45, 7) is 1.83. The summed E-state index contributed by atoms with van der Waals surface area (Å²) in [6, 6.07) is 9.79. The van der Waals surface area contributed by atoms with E-state index in [1.165, 1.54) is 12.1 Å². The lowest BCUT2D eigenvalue weighted by molar-refractivity contribution is -0.137. The fraction of sp³-hybridized carbons (Fsp3) is 0.278. The fourth-order valence-electron chi connectivity index (χ4n) is 2.55. The molecule has 5 nitrogen and oxygen atoms in total. The van der Waals surface area contributed by atoms with E-state index >= 15 is 0 Å². The van der Waals surface area contributed by atoms with Crippen molar-refractivity contribution in [1.29, 1.82) is 0 Å². The SMILES string of the molecule is C[C@@H](NC(=O)CNc1cccc(C(F)(F)F)c1)c1ccc2c(c1)OCO2. The maximum Gasteiger partial charge on any atom is 0.416 e. The number of ether oxygens (including phenoxy) is 2. The van der Waals surface area contributed by atoms with Gasteiger partial charge in [0.2, 0.25) is 12.7 Å². The zero-order valence-corrected chi connectivity index (χ0v) is 13.9. The Morgan fingerprint density at radius 3 is 2.69 bits per heavy atom. The summed E-state index contributed by atoms with van der Waals surface area (Å²) in [5.41, 5.74) is 0.295. The van der Waals surface area contributed by atoms with Crippen LogP contribution in [0.5, 0.6) is 11.5 Å². The first kappa shape index (κ1) is 17.9. The van der Waals surface area contributed by atoms with Crippen LogP contribution in [0.1, 0.15) is 24.1 Å². The highest BCUT2D eigenvalue weighted by molar-refractivity contribution is 5.81. The van der Waals surface area contributed by atoms with Crippen molar-refractivity contribution < 1.29 is 27.4 Å². The van der Waals surface area contributed by atoms with Crippen LogP contribution in [0.2, 0.25) is 0 Å². The second kappa shape index (κ2) is 7.15. The van der Waals surface area contributed by atoms with Crippen molar-refractivity contribution in [2.45, 2.75) is 19.1 Å². The average molecular weight is 366 g/mol. The predicted molar refractivity (Wildman–Crippen MR) is 89.1 cm³/mol. The van der Waals surface area contributed by atoms with E-state index in [1.54, 1.807) is 19.1 Å². The second-order valence-electron chi connectivity index (χ2n) is 5.83. The molecule has 2 aromatic carbocycles. The quantitative estimate of drug-likeness (QED) is 0.847. The molecule has 8 heteroatoms. The van der Waals surface area contributed by atoms with E-state index in [4.69, 9.17) is 9.47 Å². The molecule has 0 saturated carbocycles. The number of anilines is 1. The van der Waals surface area contributed by atoms with Crippen LogP contribution in [0.15, 0.2) is 42.5 Å². The molecule has 1 heterocycles. The smallest absolute Gasteiger partial charge is 0.416 e. The van der Waals surface area contributed by atoms with Gasteiger partial charge in [0, 0.05) is 5.69 Å². The monoisotopic (exact) mass is 366 g/mol. The summed E-state index contributed by atoms with van der Waals surface area (Å²) < 4.78 is 48.6. The van der Waals surface area contributed by atoms with Crippen molar-refractivity contribution in [2.75, 3.05) is 18.7 Å². The molecule has 0 bridgehead atoms. The number of fused-ring (bicyclic) bond motifs is 1. The van der Waals surface area contributed by atoms with Crippen molar-refractivity contribution in [3.8, 4) is 11.5 Å². The molecule has 1 aliphatic rings. The van der Waals surface area contributed by atoms with Gasteiger partial charge in [-0.05, 0) is 42.8 Å². The van der Waals surface area contributed by atoms with Crippen molar-refractivity contribution in [3.05, 3.63) is 53.6 Å². The minimum atomic E-state index is -4.42. The molecule has 3 rings (SSSR count). The van der Waals surface area contributed by atoms with Gasteiger partial charge in [-0.25, -0.2) is 0 Å². The number of halogens is 3. The van der Waals surface area contributed by atoms with Gasteiger partial charge >= 0.3 is 6.18 Å². The lowest BCUT2D eigenvalue weighted by Crippen LogP contribution is -2.32. The zero-order chi connectivity index (χ0) is 18.7. The van der Waals surface area contributed by atoms with E-state index in [0.29, 0.717) is 11.5 Å². The van der Waals surface area contributed by atoms with Crippen LogP contribution >= 0.6 is 0 Å². The lowest BCUT2D eigenvalue weighted by atomic mass is 10.1. The van der Waals surface area contributed by atoms with E-state index in [2.05, 4.69) is 10.6 Å². The summed E-state index contributed by atoms with van der Waals surface area (Å²) in [6.07, 6.45) is -4.42. The number of alkyl halides is 3. The topological polar surface area (TPSA) is 59.6 Å². The third-order valence-corrected chi connectivity index (χ3v) is 3.92. The molecule has 0 fully saturated rings. The van der Waals surface area contributed by atoms with Crippen LogP contribution in [0, 0.1) is 0 Å². The molecular formula is C18H17F3N2O3. The minimum Gasteiger partial charge on any atom is -0.454 e. The molecule has 0 unspecified atom stereocenters. The van der Waals surface area contributed by atoms with Gasteiger partial charge in [-0.2, -0.15) is 13.2 Å². The summed E-state index contributed by atoms with van der Waals surface area (Å²) in [5.74, 6) is 0.928. The molecule has 138 valence electrons. The van der Waals surface area contributed by atoms with E-state index < -0.39 is 11.7 Å². The predicted octanol–water partition coefficient (Wildman–Crippen LogP) is 3.72. The third kappa shape index (κ3) is 4.19. The Morgan fingerprint density at radius 2 is 1.92 bits per heavy atom. The Kier molecular flexibility index (Phi) is 4.92. The maximum atomic E-state index is 12.7. The van der Waals surface area contributed by atoms with Gasteiger partial charge in [0.15, 0.2) is 11.5 Å². The summed E-state index contributed by atoms with van der Waals surface area (Å²) in [5, 5.41) is 5.48. The fourth-order valence-corrected chi connectivity index (χ4v) is 2.55. The van der Waals surface area contributed by atoms with Gasteiger partial charge in [-0.1, -0.05) is 12.1 Å². The Bertz CT molecular complexity index is 809. The zero-order valence-electron chi connectivity index (χ0n) is 13.9. The van der Waals surface area contributed by atoms with Gasteiger partial charge in [-0.3, -0.25) is 4.79 Å². The van der Waals surface area contributed by atoms with Gasteiger partial charge in [0.05, 0.1) is 18.2 Å². The normalized spacial score (nSPS) is 14.0. The number of hydrogen-bond acceptors (Lipinski definition) is 4. The van der Waals surface area contributed by atoms with Crippen molar-refractivity contribution in [2.24, 2.45) is 0 Å². The molecule has 1 atom stereocenters. The van der Waals surface area contributed by atoms with Crippen LogP contribution in [0.4, 0.5) is 18.9 Å². The van der Waals surface area contributed by atoms with Crippen LogP contribution in [0.25, 0.3) is 0 Å². The molecule has 1 amide bonds. The number of nitrogens with one attached hydrogen (secondary N) is 2. The van der Waals surface area contributed by atoms with E-state index in [0.717, 1.165) is 17.7 Å². The number of hydrogen-bond donors (Lipinski definition) is 2. The molecule has 2 N–H and O–H groups in total. The molecular weight excluding hydrogens is 349 g/mol. The number of amides is 1. The Labute approximate surface area is 148 Å².